The van der Waals surface area contributed by atoms with E-state index in [4.69, 9.17) is 0 Å². The van der Waals surface area contributed by atoms with Gasteiger partial charge >= 0.3 is 0 Å². The first kappa shape index (κ1) is 16.5. The molecule has 1 heterocycles. The highest BCUT2D eigenvalue weighted by atomic mass is 32.1. The highest BCUT2D eigenvalue weighted by Crippen LogP contribution is 2.22. The molecule has 1 amide bonds. The van der Waals surface area contributed by atoms with Crippen molar-refractivity contribution < 1.29 is 13.6 Å². The van der Waals surface area contributed by atoms with Gasteiger partial charge in [0.15, 0.2) is 10.6 Å². The summed E-state index contributed by atoms with van der Waals surface area (Å²) in [6.07, 6.45) is 0. The monoisotopic (exact) mass is 346 g/mol. The maximum Gasteiger partial charge on any atom is 0.279 e. The van der Waals surface area contributed by atoms with Gasteiger partial charge < -0.3 is 4.57 Å². The van der Waals surface area contributed by atoms with E-state index in [9.17, 15) is 13.6 Å². The van der Waals surface area contributed by atoms with Crippen LogP contribution < -0.4 is 4.80 Å². The summed E-state index contributed by atoms with van der Waals surface area (Å²) in [7, 11) is 0. The standard InChI is InChI=1S/C18H16F2N2OS/c1-4-22-16-14(20)8-12(19)9-15(16)24-18(22)21-17(23)13-7-10(2)5-6-11(13)3/h5-9H,4H2,1-3H3. The van der Waals surface area contributed by atoms with Crippen LogP contribution in [0.5, 0.6) is 0 Å². The molecule has 3 rings (SSSR count). The molecule has 0 spiro atoms. The number of aryl methyl sites for hydroxylation is 3. The second-order valence-corrected chi connectivity index (χ2v) is 6.61. The number of fused-ring (bicyclic) bond motifs is 1. The molecule has 0 aliphatic heterocycles. The van der Waals surface area contributed by atoms with Crippen molar-refractivity contribution in [1.82, 2.24) is 4.57 Å². The summed E-state index contributed by atoms with van der Waals surface area (Å²) in [6, 6.07) is 7.68. The van der Waals surface area contributed by atoms with E-state index in [0.29, 0.717) is 21.6 Å². The minimum Gasteiger partial charge on any atom is -0.314 e. The summed E-state index contributed by atoms with van der Waals surface area (Å²) in [6.45, 7) is 6.01. The molecule has 0 N–H and O–H groups in total. The zero-order chi connectivity index (χ0) is 17.4. The van der Waals surface area contributed by atoms with E-state index in [1.807, 2.05) is 32.9 Å². The Morgan fingerprint density at radius 3 is 2.67 bits per heavy atom. The molecule has 6 heteroatoms. The molecule has 0 atom stereocenters. The molecule has 0 bridgehead atoms. The van der Waals surface area contributed by atoms with Crippen LogP contribution in [0.25, 0.3) is 10.2 Å². The molecule has 0 saturated carbocycles. The highest BCUT2D eigenvalue weighted by molar-refractivity contribution is 7.16. The van der Waals surface area contributed by atoms with Crippen LogP contribution in [0.4, 0.5) is 8.78 Å². The number of amides is 1. The Kier molecular flexibility index (Phi) is 4.32. The van der Waals surface area contributed by atoms with E-state index < -0.39 is 11.6 Å². The fourth-order valence-electron chi connectivity index (χ4n) is 2.62. The van der Waals surface area contributed by atoms with Gasteiger partial charge in [-0.1, -0.05) is 29.0 Å². The minimum absolute atomic E-state index is 0.274. The number of nitrogens with zero attached hydrogens (tertiary/aromatic N) is 2. The summed E-state index contributed by atoms with van der Waals surface area (Å²) in [5.41, 5.74) is 2.58. The molecule has 2 aromatic carbocycles. The summed E-state index contributed by atoms with van der Waals surface area (Å²) in [5, 5.41) is 0. The molecular weight excluding hydrogens is 330 g/mol. The lowest BCUT2D eigenvalue weighted by molar-refractivity contribution is 0.0997. The molecule has 0 aliphatic rings. The smallest absolute Gasteiger partial charge is 0.279 e. The van der Waals surface area contributed by atoms with Crippen LogP contribution in [0.15, 0.2) is 35.3 Å². The van der Waals surface area contributed by atoms with Gasteiger partial charge in [0.25, 0.3) is 5.91 Å². The van der Waals surface area contributed by atoms with E-state index in [2.05, 4.69) is 4.99 Å². The number of aromatic nitrogens is 1. The van der Waals surface area contributed by atoms with E-state index in [-0.39, 0.29) is 11.4 Å². The molecule has 0 aliphatic carbocycles. The molecule has 0 radical (unpaired) electrons. The molecule has 124 valence electrons. The summed E-state index contributed by atoms with van der Waals surface area (Å²) < 4.78 is 29.6. The van der Waals surface area contributed by atoms with Crippen molar-refractivity contribution in [3.63, 3.8) is 0 Å². The van der Waals surface area contributed by atoms with Crippen molar-refractivity contribution in [3.05, 3.63) is 63.5 Å². The van der Waals surface area contributed by atoms with Gasteiger partial charge in [-0.3, -0.25) is 4.79 Å². The van der Waals surface area contributed by atoms with E-state index in [0.717, 1.165) is 28.5 Å². The fraction of sp³-hybridized carbons (Fsp3) is 0.222. The summed E-state index contributed by atoms with van der Waals surface area (Å²) >= 11 is 1.11. The van der Waals surface area contributed by atoms with E-state index >= 15 is 0 Å². The van der Waals surface area contributed by atoms with Crippen LogP contribution >= 0.6 is 11.3 Å². The van der Waals surface area contributed by atoms with Crippen LogP contribution in [0.3, 0.4) is 0 Å². The van der Waals surface area contributed by atoms with E-state index in [1.54, 1.807) is 10.6 Å². The van der Waals surface area contributed by atoms with Gasteiger partial charge in [0.1, 0.15) is 5.82 Å². The maximum atomic E-state index is 14.1. The van der Waals surface area contributed by atoms with Gasteiger partial charge in [-0.2, -0.15) is 4.99 Å². The average molecular weight is 346 g/mol. The SMILES string of the molecule is CCn1c(=NC(=O)c2cc(C)ccc2C)sc2cc(F)cc(F)c21. The number of hydrogen-bond acceptors (Lipinski definition) is 2. The van der Waals surface area contributed by atoms with Crippen LogP contribution in [0.1, 0.15) is 28.4 Å². The maximum absolute atomic E-state index is 14.1. The van der Waals surface area contributed by atoms with Gasteiger partial charge in [-0.15, -0.1) is 0 Å². The Morgan fingerprint density at radius 1 is 1.21 bits per heavy atom. The van der Waals surface area contributed by atoms with Crippen LogP contribution in [0.2, 0.25) is 0 Å². The normalized spacial score (nSPS) is 12.1. The molecule has 0 saturated heterocycles. The first-order chi connectivity index (χ1) is 11.4. The lowest BCUT2D eigenvalue weighted by Gasteiger charge is -2.03. The molecule has 0 fully saturated rings. The second-order valence-electron chi connectivity index (χ2n) is 5.60. The Hall–Kier alpha value is -2.34. The molecule has 0 unspecified atom stereocenters. The molecular formula is C18H16F2N2OS. The Balaban J connectivity index is 2.21. The first-order valence-corrected chi connectivity index (χ1v) is 8.37. The van der Waals surface area contributed by atoms with Gasteiger partial charge in [0.05, 0.1) is 10.2 Å². The number of rotatable bonds is 2. The fourth-order valence-corrected chi connectivity index (χ4v) is 3.75. The largest absolute Gasteiger partial charge is 0.314 e. The molecule has 3 nitrogen and oxygen atoms in total. The third-order valence-electron chi connectivity index (χ3n) is 3.83. The first-order valence-electron chi connectivity index (χ1n) is 7.55. The lowest BCUT2D eigenvalue weighted by atomic mass is 10.1. The van der Waals surface area contributed by atoms with E-state index in [1.165, 1.54) is 6.07 Å². The topological polar surface area (TPSA) is 34.4 Å². The van der Waals surface area contributed by atoms with Crippen molar-refractivity contribution in [2.75, 3.05) is 0 Å². The highest BCUT2D eigenvalue weighted by Gasteiger charge is 2.14. The average Bonchev–Trinajstić information content (AvgIpc) is 2.86. The zero-order valence-electron chi connectivity index (χ0n) is 13.6. The number of hydrogen-bond donors (Lipinski definition) is 0. The lowest BCUT2D eigenvalue weighted by Crippen LogP contribution is -2.16. The summed E-state index contributed by atoms with van der Waals surface area (Å²) in [5.74, 6) is -1.67. The molecule has 24 heavy (non-hydrogen) atoms. The molecule has 3 aromatic rings. The van der Waals surface area contributed by atoms with Crippen LogP contribution in [-0.2, 0) is 6.54 Å². The van der Waals surface area contributed by atoms with Crippen molar-refractivity contribution in [3.8, 4) is 0 Å². The van der Waals surface area contributed by atoms with Gasteiger partial charge in [-0.05, 0) is 38.5 Å². The Bertz CT molecular complexity index is 1020. The number of benzene rings is 2. The zero-order valence-corrected chi connectivity index (χ0v) is 14.4. The van der Waals surface area contributed by atoms with Crippen molar-refractivity contribution in [2.45, 2.75) is 27.3 Å². The predicted octanol–water partition coefficient (Wildman–Crippen LogP) is 4.36. The number of carbonyl (C=O) groups is 1. The van der Waals surface area contributed by atoms with Crippen molar-refractivity contribution in [1.29, 1.82) is 0 Å². The number of halogens is 2. The predicted molar refractivity (Wildman–Crippen MR) is 91.2 cm³/mol. The van der Waals surface area contributed by atoms with Gasteiger partial charge in [0.2, 0.25) is 0 Å². The summed E-state index contributed by atoms with van der Waals surface area (Å²) in [4.78, 5) is 17.1. The van der Waals surface area contributed by atoms with Gasteiger partial charge in [-0.25, -0.2) is 8.78 Å². The van der Waals surface area contributed by atoms with Gasteiger partial charge in [0, 0.05) is 18.2 Å². The Labute approximate surface area is 141 Å². The minimum atomic E-state index is -0.649. The third-order valence-corrected chi connectivity index (χ3v) is 4.86. The van der Waals surface area contributed by atoms with Crippen LogP contribution in [-0.4, -0.2) is 10.5 Å². The van der Waals surface area contributed by atoms with Crippen molar-refractivity contribution >= 4 is 27.5 Å². The van der Waals surface area contributed by atoms with Crippen molar-refractivity contribution in [2.24, 2.45) is 4.99 Å². The molecule has 1 aromatic heterocycles. The second kappa shape index (κ2) is 6.28. The van der Waals surface area contributed by atoms with Crippen LogP contribution in [0, 0.1) is 25.5 Å². The number of thiazole rings is 1. The number of carbonyl (C=O) groups excluding carboxylic acids is 1. The Morgan fingerprint density at radius 2 is 1.96 bits per heavy atom. The quantitative estimate of drug-likeness (QED) is 0.679. The third kappa shape index (κ3) is 2.89.